The zero-order chi connectivity index (χ0) is 16.3. The predicted octanol–water partition coefficient (Wildman–Crippen LogP) is 2.75. The molecule has 0 bridgehead atoms. The second-order valence-electron chi connectivity index (χ2n) is 5.66. The molecule has 0 unspecified atom stereocenters. The highest BCUT2D eigenvalue weighted by atomic mass is 16.2. The van der Waals surface area contributed by atoms with Crippen LogP contribution in [-0.4, -0.2) is 5.91 Å². The summed E-state index contributed by atoms with van der Waals surface area (Å²) in [5.74, 6) is -1.23. The van der Waals surface area contributed by atoms with Gasteiger partial charge in [-0.1, -0.05) is 60.7 Å². The Labute approximate surface area is 135 Å². The van der Waals surface area contributed by atoms with Gasteiger partial charge >= 0.3 is 0 Å². The van der Waals surface area contributed by atoms with Gasteiger partial charge in [0.15, 0.2) is 5.41 Å². The number of carbonyl (C=O) groups is 1. The van der Waals surface area contributed by atoms with Crippen LogP contribution in [0.3, 0.4) is 0 Å². The molecule has 0 aromatic heterocycles. The molecule has 1 aliphatic carbocycles. The van der Waals surface area contributed by atoms with Crippen molar-refractivity contribution in [1.29, 1.82) is 10.5 Å². The van der Waals surface area contributed by atoms with Gasteiger partial charge in [-0.3, -0.25) is 4.79 Å². The van der Waals surface area contributed by atoms with Gasteiger partial charge in [-0.15, -0.1) is 0 Å². The SMILES string of the molecule is N#CC1(C#N)[C@H](C(=O)NCc2ccccc2)[C@H]1c1ccccc1. The van der Waals surface area contributed by atoms with Crippen LogP contribution in [0.25, 0.3) is 0 Å². The summed E-state index contributed by atoms with van der Waals surface area (Å²) in [5, 5.41) is 21.7. The van der Waals surface area contributed by atoms with Crippen LogP contribution in [0.2, 0.25) is 0 Å². The second-order valence-corrected chi connectivity index (χ2v) is 5.66. The monoisotopic (exact) mass is 301 g/mol. The first-order chi connectivity index (χ1) is 11.2. The van der Waals surface area contributed by atoms with Gasteiger partial charge in [-0.05, 0) is 11.1 Å². The Bertz CT molecular complexity index is 773. The highest BCUT2D eigenvalue weighted by molar-refractivity contribution is 5.87. The van der Waals surface area contributed by atoms with Gasteiger partial charge in [0.1, 0.15) is 0 Å². The summed E-state index contributed by atoms with van der Waals surface area (Å²) >= 11 is 0. The summed E-state index contributed by atoms with van der Waals surface area (Å²) in [7, 11) is 0. The van der Waals surface area contributed by atoms with Crippen LogP contribution >= 0.6 is 0 Å². The van der Waals surface area contributed by atoms with E-state index in [-0.39, 0.29) is 11.8 Å². The van der Waals surface area contributed by atoms with Crippen molar-refractivity contribution >= 4 is 5.91 Å². The maximum atomic E-state index is 12.5. The zero-order valence-corrected chi connectivity index (χ0v) is 12.4. The Morgan fingerprint density at radius 3 is 2.13 bits per heavy atom. The van der Waals surface area contributed by atoms with E-state index >= 15 is 0 Å². The molecule has 2 aromatic rings. The minimum absolute atomic E-state index is 0.245. The zero-order valence-electron chi connectivity index (χ0n) is 12.4. The van der Waals surface area contributed by atoms with Crippen molar-refractivity contribution in [3.63, 3.8) is 0 Å². The molecule has 1 amide bonds. The summed E-state index contributed by atoms with van der Waals surface area (Å²) in [6.45, 7) is 0.393. The number of carbonyl (C=O) groups excluding carboxylic acids is 1. The molecule has 4 heteroatoms. The van der Waals surface area contributed by atoms with E-state index in [1.807, 2.05) is 60.7 Å². The second kappa shape index (κ2) is 5.94. The topological polar surface area (TPSA) is 76.7 Å². The van der Waals surface area contributed by atoms with Gasteiger partial charge in [-0.25, -0.2) is 0 Å². The molecule has 0 saturated heterocycles. The summed E-state index contributed by atoms with van der Waals surface area (Å²) in [4.78, 5) is 12.5. The lowest BCUT2D eigenvalue weighted by Gasteiger charge is -2.05. The van der Waals surface area contributed by atoms with Crippen LogP contribution in [0.4, 0.5) is 0 Å². The van der Waals surface area contributed by atoms with Gasteiger partial charge in [0.05, 0.1) is 18.1 Å². The molecule has 2 aromatic carbocycles. The average molecular weight is 301 g/mol. The number of nitriles is 2. The standard InChI is InChI=1S/C19H15N3O/c20-12-19(13-21)16(15-9-5-2-6-10-15)17(19)18(23)22-11-14-7-3-1-4-8-14/h1-10,16-17H,11H2,(H,22,23)/t16-,17+/m1/s1. The summed E-state index contributed by atoms with van der Waals surface area (Å²) < 4.78 is 0. The van der Waals surface area contributed by atoms with Crippen LogP contribution in [0, 0.1) is 34.0 Å². The number of benzene rings is 2. The minimum atomic E-state index is -1.26. The van der Waals surface area contributed by atoms with Crippen molar-refractivity contribution in [2.75, 3.05) is 0 Å². The van der Waals surface area contributed by atoms with Gasteiger partial charge in [0.2, 0.25) is 5.91 Å². The Morgan fingerprint density at radius 2 is 1.57 bits per heavy atom. The largest absolute Gasteiger partial charge is 0.352 e. The Hall–Kier alpha value is -3.11. The lowest BCUT2D eigenvalue weighted by Crippen LogP contribution is -2.26. The fourth-order valence-electron chi connectivity index (χ4n) is 3.06. The smallest absolute Gasteiger partial charge is 0.226 e. The van der Waals surface area contributed by atoms with Gasteiger partial charge in [-0.2, -0.15) is 10.5 Å². The fourth-order valence-corrected chi connectivity index (χ4v) is 3.06. The van der Waals surface area contributed by atoms with E-state index in [1.165, 1.54) is 0 Å². The van der Waals surface area contributed by atoms with Crippen molar-refractivity contribution in [3.8, 4) is 12.1 Å². The Balaban J connectivity index is 1.77. The van der Waals surface area contributed by atoms with E-state index in [4.69, 9.17) is 0 Å². The molecule has 1 N–H and O–H groups in total. The molecule has 0 spiro atoms. The molecule has 4 nitrogen and oxygen atoms in total. The molecule has 0 heterocycles. The van der Waals surface area contributed by atoms with E-state index in [0.29, 0.717) is 6.54 Å². The van der Waals surface area contributed by atoms with Crippen LogP contribution in [0.1, 0.15) is 17.0 Å². The first-order valence-electron chi connectivity index (χ1n) is 7.42. The van der Waals surface area contributed by atoms with Gasteiger partial charge in [0.25, 0.3) is 0 Å². The Kier molecular flexibility index (Phi) is 3.83. The number of hydrogen-bond donors (Lipinski definition) is 1. The highest BCUT2D eigenvalue weighted by Crippen LogP contribution is 2.64. The number of amides is 1. The molecule has 112 valence electrons. The Morgan fingerprint density at radius 1 is 1.00 bits per heavy atom. The molecule has 1 saturated carbocycles. The number of nitrogens with zero attached hydrogens (tertiary/aromatic N) is 2. The summed E-state index contributed by atoms with van der Waals surface area (Å²) in [6.07, 6.45) is 0. The van der Waals surface area contributed by atoms with Gasteiger partial charge in [0, 0.05) is 12.5 Å². The maximum absolute atomic E-state index is 12.5. The first kappa shape index (κ1) is 14.8. The van der Waals surface area contributed by atoms with Crippen molar-refractivity contribution in [3.05, 3.63) is 71.8 Å². The molecule has 2 atom stereocenters. The molecule has 23 heavy (non-hydrogen) atoms. The van der Waals surface area contributed by atoms with E-state index < -0.39 is 11.3 Å². The molecule has 1 fully saturated rings. The summed E-state index contributed by atoms with van der Waals surface area (Å²) in [5.41, 5.74) is 0.579. The third-order valence-corrected chi connectivity index (χ3v) is 4.33. The molecule has 0 aliphatic heterocycles. The minimum Gasteiger partial charge on any atom is -0.352 e. The lowest BCUT2D eigenvalue weighted by atomic mass is 10.0. The number of hydrogen-bond acceptors (Lipinski definition) is 3. The maximum Gasteiger partial charge on any atom is 0.226 e. The van der Waals surface area contributed by atoms with E-state index in [1.54, 1.807) is 0 Å². The fraction of sp³-hybridized carbons (Fsp3) is 0.211. The quantitative estimate of drug-likeness (QED) is 0.943. The molecular formula is C19H15N3O. The van der Waals surface area contributed by atoms with Crippen molar-refractivity contribution in [2.45, 2.75) is 12.5 Å². The van der Waals surface area contributed by atoms with E-state index in [2.05, 4.69) is 17.5 Å². The summed E-state index contributed by atoms with van der Waals surface area (Å²) in [6, 6.07) is 23.0. The predicted molar refractivity (Wildman–Crippen MR) is 84.6 cm³/mol. The third kappa shape index (κ3) is 2.56. The van der Waals surface area contributed by atoms with Crippen molar-refractivity contribution < 1.29 is 4.79 Å². The van der Waals surface area contributed by atoms with Crippen molar-refractivity contribution in [2.24, 2.45) is 11.3 Å². The van der Waals surface area contributed by atoms with Crippen LogP contribution in [0.15, 0.2) is 60.7 Å². The molecular weight excluding hydrogens is 286 g/mol. The van der Waals surface area contributed by atoms with Crippen LogP contribution in [0.5, 0.6) is 0 Å². The highest BCUT2D eigenvalue weighted by Gasteiger charge is 2.70. The lowest BCUT2D eigenvalue weighted by molar-refractivity contribution is -0.122. The number of nitrogens with one attached hydrogen (secondary N) is 1. The van der Waals surface area contributed by atoms with Crippen LogP contribution < -0.4 is 5.32 Å². The molecule has 1 aliphatic rings. The first-order valence-corrected chi connectivity index (χ1v) is 7.42. The number of rotatable bonds is 4. The molecule has 3 rings (SSSR count). The van der Waals surface area contributed by atoms with Gasteiger partial charge < -0.3 is 5.32 Å². The third-order valence-electron chi connectivity index (χ3n) is 4.33. The normalized spacial score (nSPS) is 20.8. The van der Waals surface area contributed by atoms with Crippen LogP contribution in [-0.2, 0) is 11.3 Å². The molecule has 0 radical (unpaired) electrons. The van der Waals surface area contributed by atoms with Crippen molar-refractivity contribution in [1.82, 2.24) is 5.32 Å². The average Bonchev–Trinajstić information content (AvgIpc) is 3.31. The van der Waals surface area contributed by atoms with E-state index in [9.17, 15) is 15.3 Å². The van der Waals surface area contributed by atoms with E-state index in [0.717, 1.165) is 11.1 Å².